The molecule has 1 aromatic rings. The van der Waals surface area contributed by atoms with E-state index in [0.717, 1.165) is 18.7 Å². The van der Waals surface area contributed by atoms with Gasteiger partial charge in [-0.3, -0.25) is 4.90 Å². The molecule has 1 fully saturated rings. The predicted octanol–water partition coefficient (Wildman–Crippen LogP) is 2.33. The van der Waals surface area contributed by atoms with Gasteiger partial charge in [-0.05, 0) is 38.5 Å². The smallest absolute Gasteiger partial charge is 0.165 e. The van der Waals surface area contributed by atoms with Crippen LogP contribution in [0.15, 0.2) is 18.2 Å². The Morgan fingerprint density at radius 2 is 2.24 bits per heavy atom. The Labute approximate surface area is 126 Å². The first-order valence-corrected chi connectivity index (χ1v) is 7.30. The number of morpholine rings is 1. The van der Waals surface area contributed by atoms with Gasteiger partial charge in [0.1, 0.15) is 0 Å². The number of benzene rings is 1. The van der Waals surface area contributed by atoms with E-state index in [1.54, 1.807) is 6.07 Å². The summed E-state index contributed by atoms with van der Waals surface area (Å²) in [5.41, 5.74) is 6.83. The number of nitrogens with two attached hydrogens (primary N) is 1. The number of halogens is 1. The molecule has 1 heterocycles. The van der Waals surface area contributed by atoms with Crippen LogP contribution in [0, 0.1) is 5.82 Å². The summed E-state index contributed by atoms with van der Waals surface area (Å²) in [5, 5.41) is 0. The molecule has 2 N–H and O–H groups in total. The number of methoxy groups -OCH3 is 1. The molecular formula is C16H25FN2O2. The van der Waals surface area contributed by atoms with Gasteiger partial charge in [0.05, 0.1) is 18.8 Å². The SMILES string of the molecule is COc1ccc(C(N)CN2CC(C)OC(C)(C)C2)cc1F. The second kappa shape index (κ2) is 6.30. The van der Waals surface area contributed by atoms with Gasteiger partial charge in [0.25, 0.3) is 0 Å². The molecule has 2 rings (SSSR count). The molecule has 2 unspecified atom stereocenters. The summed E-state index contributed by atoms with van der Waals surface area (Å²) in [4.78, 5) is 2.28. The van der Waals surface area contributed by atoms with E-state index in [1.807, 2.05) is 6.07 Å². The van der Waals surface area contributed by atoms with Crippen molar-refractivity contribution >= 4 is 0 Å². The van der Waals surface area contributed by atoms with Crippen LogP contribution in [0.3, 0.4) is 0 Å². The van der Waals surface area contributed by atoms with Gasteiger partial charge in [-0.15, -0.1) is 0 Å². The standard InChI is InChI=1S/C16H25FN2O2/c1-11-8-19(10-16(2,3)21-11)9-14(18)12-5-6-15(20-4)13(17)7-12/h5-7,11,14H,8-10,18H2,1-4H3. The van der Waals surface area contributed by atoms with Gasteiger partial charge in [0.15, 0.2) is 11.6 Å². The molecule has 1 saturated heterocycles. The Balaban J connectivity index is 2.04. The highest BCUT2D eigenvalue weighted by molar-refractivity contribution is 5.31. The van der Waals surface area contributed by atoms with Crippen LogP contribution >= 0.6 is 0 Å². The molecule has 0 saturated carbocycles. The lowest BCUT2D eigenvalue weighted by Gasteiger charge is -2.42. The van der Waals surface area contributed by atoms with Crippen molar-refractivity contribution in [2.24, 2.45) is 5.73 Å². The third kappa shape index (κ3) is 4.15. The molecule has 118 valence electrons. The van der Waals surface area contributed by atoms with Gasteiger partial charge in [-0.25, -0.2) is 4.39 Å². The van der Waals surface area contributed by atoms with Crippen LogP contribution in [-0.2, 0) is 4.74 Å². The summed E-state index contributed by atoms with van der Waals surface area (Å²) in [6.45, 7) is 8.57. The normalized spacial score (nSPS) is 23.8. The Morgan fingerprint density at radius 3 is 2.81 bits per heavy atom. The average molecular weight is 296 g/mol. The van der Waals surface area contributed by atoms with E-state index in [2.05, 4.69) is 25.7 Å². The van der Waals surface area contributed by atoms with Crippen molar-refractivity contribution in [1.29, 1.82) is 0 Å². The third-order valence-corrected chi connectivity index (χ3v) is 3.70. The first-order chi connectivity index (χ1) is 9.80. The van der Waals surface area contributed by atoms with E-state index in [1.165, 1.54) is 13.2 Å². The molecular weight excluding hydrogens is 271 g/mol. The highest BCUT2D eigenvalue weighted by atomic mass is 19.1. The van der Waals surface area contributed by atoms with Crippen LogP contribution in [0.25, 0.3) is 0 Å². The highest BCUT2D eigenvalue weighted by Gasteiger charge is 2.31. The molecule has 1 aliphatic rings. The van der Waals surface area contributed by atoms with Crippen molar-refractivity contribution in [1.82, 2.24) is 4.90 Å². The van der Waals surface area contributed by atoms with Crippen LogP contribution in [0.2, 0.25) is 0 Å². The maximum Gasteiger partial charge on any atom is 0.165 e. The minimum atomic E-state index is -0.374. The largest absolute Gasteiger partial charge is 0.494 e. The number of nitrogens with zero attached hydrogens (tertiary/aromatic N) is 1. The fourth-order valence-corrected chi connectivity index (χ4v) is 3.02. The molecule has 4 nitrogen and oxygen atoms in total. The summed E-state index contributed by atoms with van der Waals surface area (Å²) in [6, 6.07) is 4.67. The van der Waals surface area contributed by atoms with Gasteiger partial charge >= 0.3 is 0 Å². The fraction of sp³-hybridized carbons (Fsp3) is 0.625. The first kappa shape index (κ1) is 16.2. The molecule has 21 heavy (non-hydrogen) atoms. The van der Waals surface area contributed by atoms with Crippen molar-refractivity contribution in [3.8, 4) is 5.75 Å². The molecule has 0 bridgehead atoms. The lowest BCUT2D eigenvalue weighted by molar-refractivity contribution is -0.129. The van der Waals surface area contributed by atoms with Gasteiger partial charge < -0.3 is 15.2 Å². The maximum absolute atomic E-state index is 13.8. The zero-order valence-corrected chi connectivity index (χ0v) is 13.2. The maximum atomic E-state index is 13.8. The van der Waals surface area contributed by atoms with E-state index < -0.39 is 0 Å². The lowest BCUT2D eigenvalue weighted by Crippen LogP contribution is -2.53. The summed E-state index contributed by atoms with van der Waals surface area (Å²) in [7, 11) is 1.45. The minimum Gasteiger partial charge on any atom is -0.494 e. The highest BCUT2D eigenvalue weighted by Crippen LogP contribution is 2.24. The molecule has 0 spiro atoms. The zero-order valence-electron chi connectivity index (χ0n) is 13.2. The summed E-state index contributed by atoms with van der Waals surface area (Å²) in [5.74, 6) is -0.131. The summed E-state index contributed by atoms with van der Waals surface area (Å²) < 4.78 is 24.6. The Bertz CT molecular complexity index is 493. The van der Waals surface area contributed by atoms with E-state index in [4.69, 9.17) is 15.2 Å². The van der Waals surface area contributed by atoms with Crippen molar-refractivity contribution in [2.45, 2.75) is 38.5 Å². The molecule has 0 aliphatic carbocycles. The molecule has 5 heteroatoms. The summed E-state index contributed by atoms with van der Waals surface area (Å²) in [6.07, 6.45) is 0.175. The van der Waals surface area contributed by atoms with E-state index in [-0.39, 0.29) is 29.3 Å². The second-order valence-corrected chi connectivity index (χ2v) is 6.38. The second-order valence-electron chi connectivity index (χ2n) is 6.38. The van der Waals surface area contributed by atoms with Gasteiger partial charge in [-0.2, -0.15) is 0 Å². The van der Waals surface area contributed by atoms with Crippen molar-refractivity contribution in [3.63, 3.8) is 0 Å². The van der Waals surface area contributed by atoms with Crippen LogP contribution in [0.5, 0.6) is 5.75 Å². The molecule has 0 radical (unpaired) electrons. The van der Waals surface area contributed by atoms with Crippen molar-refractivity contribution in [3.05, 3.63) is 29.6 Å². The Morgan fingerprint density at radius 1 is 1.52 bits per heavy atom. The topological polar surface area (TPSA) is 47.7 Å². The number of hydrogen-bond donors (Lipinski definition) is 1. The van der Waals surface area contributed by atoms with E-state index in [0.29, 0.717) is 6.54 Å². The quantitative estimate of drug-likeness (QED) is 0.926. The zero-order chi connectivity index (χ0) is 15.6. The number of ether oxygens (including phenoxy) is 2. The van der Waals surface area contributed by atoms with Crippen molar-refractivity contribution < 1.29 is 13.9 Å². The molecule has 1 aromatic carbocycles. The van der Waals surface area contributed by atoms with Crippen LogP contribution in [0.4, 0.5) is 4.39 Å². The summed E-state index contributed by atoms with van der Waals surface area (Å²) >= 11 is 0. The van der Waals surface area contributed by atoms with Crippen LogP contribution < -0.4 is 10.5 Å². The van der Waals surface area contributed by atoms with Crippen molar-refractivity contribution in [2.75, 3.05) is 26.7 Å². The van der Waals surface area contributed by atoms with E-state index in [9.17, 15) is 4.39 Å². The molecule has 0 amide bonds. The third-order valence-electron chi connectivity index (χ3n) is 3.70. The predicted molar refractivity (Wildman–Crippen MR) is 80.9 cm³/mol. The Kier molecular flexibility index (Phi) is 4.86. The van der Waals surface area contributed by atoms with Crippen LogP contribution in [0.1, 0.15) is 32.4 Å². The monoisotopic (exact) mass is 296 g/mol. The number of hydrogen-bond acceptors (Lipinski definition) is 4. The number of rotatable bonds is 4. The molecule has 0 aromatic heterocycles. The van der Waals surface area contributed by atoms with Gasteiger partial charge in [0.2, 0.25) is 0 Å². The fourth-order valence-electron chi connectivity index (χ4n) is 3.02. The first-order valence-electron chi connectivity index (χ1n) is 7.30. The molecule has 2 atom stereocenters. The van der Waals surface area contributed by atoms with Crippen LogP contribution in [-0.4, -0.2) is 43.3 Å². The van der Waals surface area contributed by atoms with Gasteiger partial charge in [-0.1, -0.05) is 6.07 Å². The van der Waals surface area contributed by atoms with E-state index >= 15 is 0 Å². The molecule has 1 aliphatic heterocycles. The minimum absolute atomic E-state index is 0.175. The lowest BCUT2D eigenvalue weighted by atomic mass is 10.0. The average Bonchev–Trinajstić information content (AvgIpc) is 2.35. The Hall–Kier alpha value is -1.17. The van der Waals surface area contributed by atoms with Gasteiger partial charge in [0, 0.05) is 25.7 Å².